The van der Waals surface area contributed by atoms with Crippen LogP contribution >= 0.6 is 15.4 Å². The van der Waals surface area contributed by atoms with Crippen molar-refractivity contribution in [1.82, 2.24) is 5.32 Å². The summed E-state index contributed by atoms with van der Waals surface area (Å²) in [7, 11) is -11.3. The van der Waals surface area contributed by atoms with Gasteiger partial charge < -0.3 is 45.2 Å². The van der Waals surface area contributed by atoms with Crippen molar-refractivity contribution in [2.24, 2.45) is 5.11 Å². The monoisotopic (exact) mass is 422 g/mol. The first kappa shape index (κ1) is 22.9. The third-order valence-corrected chi connectivity index (χ3v) is 6.52. The molecule has 0 spiro atoms. The molecule has 1 saturated heterocycles. The zero-order chi connectivity index (χ0) is 20.3. The Bertz CT molecular complexity index is 678. The molecule has 0 aromatic heterocycles. The van der Waals surface area contributed by atoms with Gasteiger partial charge in [0.25, 0.3) is 0 Å². The number of amides is 1. The van der Waals surface area contributed by atoms with Crippen LogP contribution in [-0.4, -0.2) is 84.0 Å². The molecule has 0 radical (unpaired) electrons. The van der Waals surface area contributed by atoms with E-state index in [0.29, 0.717) is 0 Å². The van der Waals surface area contributed by atoms with E-state index < -0.39 is 64.4 Å². The number of ether oxygens (including phenoxy) is 1. The van der Waals surface area contributed by atoms with Crippen molar-refractivity contribution >= 4 is 21.3 Å². The number of hydrogen-bond donors (Lipinski definition) is 8. The average Bonchev–Trinajstić information content (AvgIpc) is 2.50. The summed E-state index contributed by atoms with van der Waals surface area (Å²) in [5.41, 5.74) is 8.10. The lowest BCUT2D eigenvalue weighted by atomic mass is 9.96. The highest BCUT2D eigenvalue weighted by Crippen LogP contribution is 2.67. The number of phosphoric acid groups is 1. The molecule has 26 heavy (non-hydrogen) atoms. The van der Waals surface area contributed by atoms with Crippen LogP contribution in [0, 0.1) is 0 Å². The van der Waals surface area contributed by atoms with Gasteiger partial charge in [0.2, 0.25) is 11.2 Å². The Hall–Kier alpha value is -1.12. The quantitative estimate of drug-likeness (QED) is 0.0873. The zero-order valence-corrected chi connectivity index (χ0v) is 14.4. The molecule has 2 unspecified atom stereocenters. The normalized spacial score (nSPS) is 34.4. The van der Waals surface area contributed by atoms with Crippen molar-refractivity contribution in [3.8, 4) is 0 Å². The molecule has 8 N–H and O–H groups in total. The minimum absolute atomic E-state index is 0.756. The fourth-order valence-corrected chi connectivity index (χ4v) is 4.75. The maximum atomic E-state index is 12.1. The third-order valence-electron chi connectivity index (χ3n) is 3.31. The summed E-state index contributed by atoms with van der Waals surface area (Å²) in [6.07, 6.45) is -7.15. The molecule has 0 aliphatic carbocycles. The molecule has 1 fully saturated rings. The first-order valence-corrected chi connectivity index (χ1v) is 9.65. The number of aliphatic hydroxyl groups is 4. The number of carbonyl (C=O) groups excluding carboxylic acids is 1. The zero-order valence-electron chi connectivity index (χ0n) is 12.6. The highest BCUT2D eigenvalue weighted by molar-refractivity contribution is 7.64. The molecule has 1 amide bonds. The molecule has 0 saturated carbocycles. The van der Waals surface area contributed by atoms with Crippen LogP contribution in [0.5, 0.6) is 0 Å². The topological polar surface area (TPSA) is 272 Å². The number of hydrogen-bond acceptors (Lipinski definition) is 10. The van der Waals surface area contributed by atoms with E-state index in [9.17, 15) is 39.2 Å². The van der Waals surface area contributed by atoms with Gasteiger partial charge in [0.05, 0.1) is 6.61 Å². The van der Waals surface area contributed by atoms with Crippen LogP contribution in [0.3, 0.4) is 0 Å². The van der Waals surface area contributed by atoms with Gasteiger partial charge in [-0.15, -0.1) is 0 Å². The van der Waals surface area contributed by atoms with Crippen LogP contribution in [0.4, 0.5) is 0 Å². The van der Waals surface area contributed by atoms with Gasteiger partial charge in [-0.25, -0.2) is 8.88 Å². The van der Waals surface area contributed by atoms with Gasteiger partial charge in [-0.05, 0) is 5.53 Å². The lowest BCUT2D eigenvalue weighted by molar-refractivity contribution is -0.275. The number of carbonyl (C=O) groups is 1. The number of aliphatic hydroxyl groups excluding tert-OH is 4. The summed E-state index contributed by atoms with van der Waals surface area (Å²) in [6.45, 7) is -2.37. The van der Waals surface area contributed by atoms with Crippen LogP contribution in [0.1, 0.15) is 0 Å². The molecule has 1 aliphatic heterocycles. The Kier molecular flexibility index (Phi) is 7.29. The summed E-state index contributed by atoms with van der Waals surface area (Å²) < 4.78 is 31.3. The second kappa shape index (κ2) is 8.27. The van der Waals surface area contributed by atoms with Gasteiger partial charge in [-0.2, -0.15) is 0 Å². The Labute approximate surface area is 144 Å². The van der Waals surface area contributed by atoms with Gasteiger partial charge in [-0.3, -0.25) is 9.36 Å². The van der Waals surface area contributed by atoms with E-state index in [-0.39, 0.29) is 0 Å². The van der Waals surface area contributed by atoms with E-state index in [0.717, 1.165) is 0 Å². The standard InChI is InChI=1S/C8H16N4O12P2/c9-12-10-1-3(14)11-4-5(15)6(16)8(2-13,23-7(4)17)25(18,19)24-26(20,21)22/h4-7,13,15-17H,1-2H2,(H,11,14)(H,18,19)(H2,20,21,22)/t4-,5-,6+,7?,8+/m1/s1. The summed E-state index contributed by atoms with van der Waals surface area (Å²) >= 11 is 0. The first-order chi connectivity index (χ1) is 11.8. The largest absolute Gasteiger partial charge is 0.476 e. The van der Waals surface area contributed by atoms with Crippen LogP contribution in [-0.2, 0) is 23.0 Å². The second-order valence-corrected chi connectivity index (χ2v) is 8.45. The summed E-state index contributed by atoms with van der Waals surface area (Å²) in [5.74, 6) is -1.03. The minimum Gasteiger partial charge on any atom is -0.393 e. The molecule has 1 aliphatic rings. The van der Waals surface area contributed by atoms with Crippen LogP contribution in [0.15, 0.2) is 5.11 Å². The molecule has 6 atom stereocenters. The Balaban J connectivity index is 3.15. The Morgan fingerprint density at radius 3 is 2.35 bits per heavy atom. The molecule has 18 heteroatoms. The van der Waals surface area contributed by atoms with Gasteiger partial charge in [0.15, 0.2) is 6.29 Å². The summed E-state index contributed by atoms with van der Waals surface area (Å²) in [5, 5.41) is 40.8. The predicted molar refractivity (Wildman–Crippen MR) is 77.8 cm³/mol. The Morgan fingerprint density at radius 1 is 1.31 bits per heavy atom. The highest BCUT2D eigenvalue weighted by atomic mass is 31.3. The molecule has 16 nitrogen and oxygen atoms in total. The van der Waals surface area contributed by atoms with E-state index >= 15 is 0 Å². The van der Waals surface area contributed by atoms with Crippen molar-refractivity contribution in [2.75, 3.05) is 13.2 Å². The molecule has 150 valence electrons. The molecular weight excluding hydrogens is 406 g/mol. The maximum absolute atomic E-state index is 12.1. The summed E-state index contributed by atoms with van der Waals surface area (Å²) in [6, 6.07) is -1.82. The van der Waals surface area contributed by atoms with Gasteiger partial charge in [-0.1, -0.05) is 5.11 Å². The fourth-order valence-electron chi connectivity index (χ4n) is 2.14. The van der Waals surface area contributed by atoms with E-state index in [1.165, 1.54) is 0 Å². The molecular formula is C8H16N4O12P2. The van der Waals surface area contributed by atoms with Crippen molar-refractivity contribution in [2.45, 2.75) is 29.9 Å². The van der Waals surface area contributed by atoms with Gasteiger partial charge >= 0.3 is 15.4 Å². The van der Waals surface area contributed by atoms with Crippen LogP contribution in [0.25, 0.3) is 10.4 Å². The van der Waals surface area contributed by atoms with Gasteiger partial charge in [0, 0.05) is 4.91 Å². The van der Waals surface area contributed by atoms with Gasteiger partial charge in [0.1, 0.15) is 24.8 Å². The number of nitrogens with one attached hydrogen (secondary N) is 1. The number of nitrogens with zero attached hydrogens (tertiary/aromatic N) is 3. The first-order valence-electron chi connectivity index (χ1n) is 6.54. The SMILES string of the molecule is [N-]=[N+]=NCC(=O)N[C@H]1C(O)O[C@@](CO)(P(=O)(O)OP(=O)(O)O)[C@@H](O)[C@@H]1O. The predicted octanol–water partition coefficient (Wildman–Crippen LogP) is -3.16. The lowest BCUT2D eigenvalue weighted by Crippen LogP contribution is -2.69. The van der Waals surface area contributed by atoms with Crippen molar-refractivity contribution in [1.29, 1.82) is 0 Å². The van der Waals surface area contributed by atoms with Crippen molar-refractivity contribution < 1.29 is 58.1 Å². The third kappa shape index (κ3) is 4.78. The smallest absolute Gasteiger partial charge is 0.393 e. The van der Waals surface area contributed by atoms with E-state index in [4.69, 9.17) is 15.3 Å². The second-order valence-electron chi connectivity index (χ2n) is 5.02. The summed E-state index contributed by atoms with van der Waals surface area (Å²) in [4.78, 5) is 40.9. The van der Waals surface area contributed by atoms with Crippen LogP contribution in [0.2, 0.25) is 0 Å². The molecule has 0 aromatic rings. The maximum Gasteiger partial charge on any atom is 0.476 e. The average molecular weight is 422 g/mol. The fraction of sp³-hybridized carbons (Fsp3) is 0.875. The van der Waals surface area contributed by atoms with E-state index in [2.05, 4.69) is 19.1 Å². The Morgan fingerprint density at radius 2 is 1.88 bits per heavy atom. The van der Waals surface area contributed by atoms with Crippen molar-refractivity contribution in [3.05, 3.63) is 10.4 Å². The number of azide groups is 1. The van der Waals surface area contributed by atoms with E-state index in [1.54, 1.807) is 0 Å². The molecule has 1 rings (SSSR count). The van der Waals surface area contributed by atoms with E-state index in [1.807, 2.05) is 5.32 Å². The molecule has 0 bridgehead atoms. The minimum atomic E-state index is -5.71. The van der Waals surface area contributed by atoms with Crippen molar-refractivity contribution in [3.63, 3.8) is 0 Å². The number of rotatable bonds is 7. The highest BCUT2D eigenvalue weighted by Gasteiger charge is 2.65. The molecule has 1 heterocycles. The van der Waals surface area contributed by atoms with Crippen LogP contribution < -0.4 is 5.32 Å². The lowest BCUT2D eigenvalue weighted by Gasteiger charge is -2.48. The molecule has 0 aromatic carbocycles.